The van der Waals surface area contributed by atoms with E-state index in [-0.39, 0.29) is 5.91 Å². The maximum absolute atomic E-state index is 12.3. The Morgan fingerprint density at radius 3 is 2.20 bits per heavy atom. The monoisotopic (exact) mass is 344 g/mol. The molecule has 0 unspecified atom stereocenters. The molecule has 1 atom stereocenters. The molecule has 0 saturated carbocycles. The van der Waals surface area contributed by atoms with Gasteiger partial charge in [-0.2, -0.15) is 0 Å². The molecule has 132 valence electrons. The van der Waals surface area contributed by atoms with Gasteiger partial charge in [0.05, 0.1) is 14.2 Å². The zero-order chi connectivity index (χ0) is 18.4. The van der Waals surface area contributed by atoms with Gasteiger partial charge in [-0.05, 0) is 43.3 Å². The molecule has 0 bridgehead atoms. The minimum absolute atomic E-state index is 0.328. The molecule has 7 heteroatoms. The number of amides is 2. The zero-order valence-corrected chi connectivity index (χ0v) is 14.2. The van der Waals surface area contributed by atoms with E-state index in [1.165, 1.54) is 26.4 Å². The largest absolute Gasteiger partial charge is 0.493 e. The number of anilines is 1. The van der Waals surface area contributed by atoms with Crippen molar-refractivity contribution in [1.29, 1.82) is 0 Å². The standard InChI is InChI=1S/C18H20N2O5/c1-11(25-14-7-4-12(5-8-14)17(19)21)18(22)20-13-6-9-15(23-2)16(10-13)24-3/h4-11H,1-3H3,(H2,19,21)(H,20,22)/t11-/m0/s1. The third-order valence-electron chi connectivity index (χ3n) is 3.47. The van der Waals surface area contributed by atoms with Gasteiger partial charge in [0.1, 0.15) is 5.75 Å². The van der Waals surface area contributed by atoms with Gasteiger partial charge in [-0.15, -0.1) is 0 Å². The van der Waals surface area contributed by atoms with Crippen LogP contribution in [-0.2, 0) is 4.79 Å². The highest BCUT2D eigenvalue weighted by atomic mass is 16.5. The molecule has 2 aromatic rings. The average molecular weight is 344 g/mol. The van der Waals surface area contributed by atoms with Crippen molar-refractivity contribution in [3.63, 3.8) is 0 Å². The number of nitrogens with one attached hydrogen (secondary N) is 1. The van der Waals surface area contributed by atoms with Crippen molar-refractivity contribution >= 4 is 17.5 Å². The van der Waals surface area contributed by atoms with Crippen molar-refractivity contribution in [1.82, 2.24) is 0 Å². The molecule has 0 heterocycles. The Bertz CT molecular complexity index is 759. The maximum Gasteiger partial charge on any atom is 0.265 e. The molecule has 0 aliphatic carbocycles. The predicted octanol–water partition coefficient (Wildman–Crippen LogP) is 2.21. The second-order valence-corrected chi connectivity index (χ2v) is 5.21. The van der Waals surface area contributed by atoms with Crippen LogP contribution in [0.25, 0.3) is 0 Å². The fraction of sp³-hybridized carbons (Fsp3) is 0.222. The Morgan fingerprint density at radius 1 is 1.00 bits per heavy atom. The molecule has 0 aliphatic heterocycles. The third kappa shape index (κ3) is 4.63. The van der Waals surface area contributed by atoms with Crippen molar-refractivity contribution in [3.05, 3.63) is 48.0 Å². The Kier molecular flexibility index (Phi) is 5.84. The highest BCUT2D eigenvalue weighted by Crippen LogP contribution is 2.29. The number of ether oxygens (including phenoxy) is 3. The van der Waals surface area contributed by atoms with E-state index in [9.17, 15) is 9.59 Å². The second-order valence-electron chi connectivity index (χ2n) is 5.21. The van der Waals surface area contributed by atoms with Gasteiger partial charge in [-0.1, -0.05) is 0 Å². The first kappa shape index (κ1) is 18.1. The highest BCUT2D eigenvalue weighted by molar-refractivity contribution is 5.94. The lowest BCUT2D eigenvalue weighted by molar-refractivity contribution is -0.122. The van der Waals surface area contributed by atoms with Crippen molar-refractivity contribution in [2.24, 2.45) is 5.73 Å². The molecule has 0 spiro atoms. The van der Waals surface area contributed by atoms with E-state index in [0.29, 0.717) is 28.5 Å². The van der Waals surface area contributed by atoms with Crippen LogP contribution in [0, 0.1) is 0 Å². The summed E-state index contributed by atoms with van der Waals surface area (Å²) in [5, 5.41) is 2.74. The number of benzene rings is 2. The lowest BCUT2D eigenvalue weighted by atomic mass is 10.2. The van der Waals surface area contributed by atoms with Gasteiger partial charge >= 0.3 is 0 Å². The summed E-state index contributed by atoms with van der Waals surface area (Å²) in [4.78, 5) is 23.3. The third-order valence-corrected chi connectivity index (χ3v) is 3.47. The fourth-order valence-electron chi connectivity index (χ4n) is 2.11. The molecule has 2 aromatic carbocycles. The summed E-state index contributed by atoms with van der Waals surface area (Å²) in [5.74, 6) is 0.687. The molecule has 0 fully saturated rings. The Balaban J connectivity index is 2.01. The lowest BCUT2D eigenvalue weighted by Crippen LogP contribution is -2.30. The molecule has 3 N–H and O–H groups in total. The molecule has 0 radical (unpaired) electrons. The van der Waals surface area contributed by atoms with Gasteiger partial charge in [0.2, 0.25) is 5.91 Å². The zero-order valence-electron chi connectivity index (χ0n) is 14.2. The summed E-state index contributed by atoms with van der Waals surface area (Å²) in [7, 11) is 3.06. The molecular formula is C18H20N2O5. The molecule has 0 aromatic heterocycles. The van der Waals surface area contributed by atoms with Crippen LogP contribution in [0.2, 0.25) is 0 Å². The lowest BCUT2D eigenvalue weighted by Gasteiger charge is -2.16. The first-order valence-electron chi connectivity index (χ1n) is 7.54. The van der Waals surface area contributed by atoms with Gasteiger partial charge in [-0.3, -0.25) is 9.59 Å². The number of hydrogen-bond donors (Lipinski definition) is 2. The van der Waals surface area contributed by atoms with E-state index in [1.807, 2.05) is 0 Å². The van der Waals surface area contributed by atoms with Gasteiger partial charge in [0.25, 0.3) is 5.91 Å². The SMILES string of the molecule is COc1ccc(NC(=O)[C@H](C)Oc2ccc(C(N)=O)cc2)cc1OC. The normalized spacial score (nSPS) is 11.3. The van der Waals surface area contributed by atoms with Crippen LogP contribution in [0.1, 0.15) is 17.3 Å². The molecular weight excluding hydrogens is 324 g/mol. The first-order valence-corrected chi connectivity index (χ1v) is 7.54. The van der Waals surface area contributed by atoms with E-state index in [4.69, 9.17) is 19.9 Å². The maximum atomic E-state index is 12.3. The Hall–Kier alpha value is -3.22. The summed E-state index contributed by atoms with van der Waals surface area (Å²) in [5.41, 5.74) is 6.11. The summed E-state index contributed by atoms with van der Waals surface area (Å²) in [6.07, 6.45) is -0.743. The molecule has 7 nitrogen and oxygen atoms in total. The number of methoxy groups -OCH3 is 2. The summed E-state index contributed by atoms with van der Waals surface area (Å²) < 4.78 is 15.9. The van der Waals surface area contributed by atoms with E-state index in [1.54, 1.807) is 37.3 Å². The number of carbonyl (C=O) groups excluding carboxylic acids is 2. The summed E-state index contributed by atoms with van der Waals surface area (Å²) >= 11 is 0. The molecule has 2 rings (SSSR count). The Morgan fingerprint density at radius 2 is 1.64 bits per heavy atom. The van der Waals surface area contributed by atoms with Crippen molar-refractivity contribution < 1.29 is 23.8 Å². The van der Waals surface area contributed by atoms with E-state index >= 15 is 0 Å². The number of nitrogens with two attached hydrogens (primary N) is 1. The molecule has 0 saturated heterocycles. The Labute approximate surface area is 145 Å². The highest BCUT2D eigenvalue weighted by Gasteiger charge is 2.16. The van der Waals surface area contributed by atoms with E-state index in [2.05, 4.69) is 5.32 Å². The van der Waals surface area contributed by atoms with Crippen molar-refractivity contribution in [3.8, 4) is 17.2 Å². The average Bonchev–Trinajstić information content (AvgIpc) is 2.61. The van der Waals surface area contributed by atoms with Gasteiger partial charge in [-0.25, -0.2) is 0 Å². The number of hydrogen-bond acceptors (Lipinski definition) is 5. The smallest absolute Gasteiger partial charge is 0.265 e. The summed E-state index contributed by atoms with van der Waals surface area (Å²) in [6.45, 7) is 1.62. The van der Waals surface area contributed by atoms with E-state index < -0.39 is 12.0 Å². The quantitative estimate of drug-likeness (QED) is 0.802. The van der Waals surface area contributed by atoms with Crippen LogP contribution in [0.15, 0.2) is 42.5 Å². The fourth-order valence-corrected chi connectivity index (χ4v) is 2.11. The van der Waals surface area contributed by atoms with Crippen LogP contribution < -0.4 is 25.3 Å². The number of primary amides is 1. The molecule has 0 aliphatic rings. The van der Waals surface area contributed by atoms with Gasteiger partial charge in [0.15, 0.2) is 17.6 Å². The number of carbonyl (C=O) groups is 2. The van der Waals surface area contributed by atoms with Crippen LogP contribution in [-0.4, -0.2) is 32.1 Å². The second kappa shape index (κ2) is 8.05. The molecule has 25 heavy (non-hydrogen) atoms. The van der Waals surface area contributed by atoms with Gasteiger partial charge in [0, 0.05) is 17.3 Å². The predicted molar refractivity (Wildman–Crippen MR) is 93.2 cm³/mol. The van der Waals surface area contributed by atoms with E-state index in [0.717, 1.165) is 0 Å². The van der Waals surface area contributed by atoms with Crippen LogP contribution >= 0.6 is 0 Å². The number of rotatable bonds is 7. The minimum atomic E-state index is -0.743. The topological polar surface area (TPSA) is 99.9 Å². The van der Waals surface area contributed by atoms with Crippen molar-refractivity contribution in [2.45, 2.75) is 13.0 Å². The van der Waals surface area contributed by atoms with Crippen LogP contribution in [0.3, 0.4) is 0 Å². The van der Waals surface area contributed by atoms with Crippen LogP contribution in [0.5, 0.6) is 17.2 Å². The van der Waals surface area contributed by atoms with Crippen LogP contribution in [0.4, 0.5) is 5.69 Å². The first-order chi connectivity index (χ1) is 11.9. The van der Waals surface area contributed by atoms with Crippen molar-refractivity contribution in [2.75, 3.05) is 19.5 Å². The summed E-state index contributed by atoms with van der Waals surface area (Å²) in [6, 6.07) is 11.3. The van der Waals surface area contributed by atoms with Gasteiger partial charge < -0.3 is 25.3 Å². The minimum Gasteiger partial charge on any atom is -0.493 e. The molecule has 2 amide bonds.